The molecule has 0 unspecified atom stereocenters. The van der Waals surface area contributed by atoms with E-state index in [0.717, 1.165) is 35.7 Å². The van der Waals surface area contributed by atoms with Crippen LogP contribution in [0.15, 0.2) is 11.4 Å². The highest BCUT2D eigenvalue weighted by Gasteiger charge is 2.23. The largest absolute Gasteiger partial charge is 0.373 e. The molecule has 102 valence electrons. The van der Waals surface area contributed by atoms with Crippen molar-refractivity contribution < 1.29 is 4.74 Å². The van der Waals surface area contributed by atoms with Gasteiger partial charge in [0.2, 0.25) is 0 Å². The molecule has 4 nitrogen and oxygen atoms in total. The minimum Gasteiger partial charge on any atom is -0.373 e. The van der Waals surface area contributed by atoms with E-state index in [4.69, 9.17) is 16.3 Å². The van der Waals surface area contributed by atoms with Crippen LogP contribution in [0.2, 0.25) is 5.15 Å². The third kappa shape index (κ3) is 2.89. The van der Waals surface area contributed by atoms with Gasteiger partial charge in [-0.1, -0.05) is 11.6 Å². The molecule has 1 fully saturated rings. The van der Waals surface area contributed by atoms with Crippen LogP contribution in [0.4, 0.5) is 0 Å². The molecule has 0 aromatic carbocycles. The highest BCUT2D eigenvalue weighted by atomic mass is 35.5. The Labute approximate surface area is 121 Å². The standard InChI is InChI=1S/C13H16ClN3OS/c1-8-5-17(6-9(2)18-8)7-11-15-12(14)10-3-4-19-13(10)16-11/h3-4,8-9H,5-7H2,1-2H3/t8-,9+. The zero-order chi connectivity index (χ0) is 13.4. The fourth-order valence-electron chi connectivity index (χ4n) is 2.54. The molecule has 3 heterocycles. The lowest BCUT2D eigenvalue weighted by Gasteiger charge is -2.34. The van der Waals surface area contributed by atoms with E-state index in [1.807, 2.05) is 11.4 Å². The molecule has 1 saturated heterocycles. The maximum absolute atomic E-state index is 6.19. The predicted molar refractivity (Wildman–Crippen MR) is 77.7 cm³/mol. The van der Waals surface area contributed by atoms with Crippen molar-refractivity contribution in [2.45, 2.75) is 32.6 Å². The smallest absolute Gasteiger partial charge is 0.145 e. The molecule has 19 heavy (non-hydrogen) atoms. The fourth-order valence-corrected chi connectivity index (χ4v) is 3.63. The number of halogens is 1. The number of thiophene rings is 1. The number of morpholine rings is 1. The Balaban J connectivity index is 1.80. The van der Waals surface area contributed by atoms with Gasteiger partial charge in [0, 0.05) is 18.5 Å². The molecule has 6 heteroatoms. The van der Waals surface area contributed by atoms with Gasteiger partial charge in [-0.3, -0.25) is 4.90 Å². The van der Waals surface area contributed by atoms with Crippen LogP contribution in [0.5, 0.6) is 0 Å². The summed E-state index contributed by atoms with van der Waals surface area (Å²) < 4.78 is 5.73. The van der Waals surface area contributed by atoms with Gasteiger partial charge in [0.25, 0.3) is 0 Å². The average Bonchev–Trinajstić information content (AvgIpc) is 2.75. The molecule has 0 bridgehead atoms. The number of hydrogen-bond acceptors (Lipinski definition) is 5. The number of ether oxygens (including phenoxy) is 1. The summed E-state index contributed by atoms with van der Waals surface area (Å²) in [7, 11) is 0. The molecule has 3 rings (SSSR count). The first-order valence-corrected chi connectivity index (χ1v) is 7.65. The van der Waals surface area contributed by atoms with E-state index < -0.39 is 0 Å². The van der Waals surface area contributed by atoms with E-state index in [-0.39, 0.29) is 12.2 Å². The Morgan fingerprint density at radius 2 is 2.11 bits per heavy atom. The summed E-state index contributed by atoms with van der Waals surface area (Å²) in [5, 5.41) is 3.49. The molecule has 2 aromatic rings. The third-order valence-corrected chi connectivity index (χ3v) is 4.28. The minimum absolute atomic E-state index is 0.254. The molecular formula is C13H16ClN3OS. The second-order valence-electron chi connectivity index (χ2n) is 5.02. The Kier molecular flexibility index (Phi) is 3.71. The quantitative estimate of drug-likeness (QED) is 0.799. The van der Waals surface area contributed by atoms with Crippen molar-refractivity contribution >= 4 is 33.2 Å². The zero-order valence-corrected chi connectivity index (χ0v) is 12.5. The van der Waals surface area contributed by atoms with Crippen LogP contribution in [0.25, 0.3) is 10.2 Å². The first-order valence-electron chi connectivity index (χ1n) is 6.39. The summed E-state index contributed by atoms with van der Waals surface area (Å²) in [5.41, 5.74) is 0. The topological polar surface area (TPSA) is 38.2 Å². The van der Waals surface area contributed by atoms with Crippen molar-refractivity contribution in [3.63, 3.8) is 0 Å². The van der Waals surface area contributed by atoms with Crippen LogP contribution in [0.3, 0.4) is 0 Å². The van der Waals surface area contributed by atoms with E-state index in [1.165, 1.54) is 0 Å². The van der Waals surface area contributed by atoms with E-state index in [2.05, 4.69) is 28.7 Å². The van der Waals surface area contributed by atoms with E-state index in [1.54, 1.807) is 11.3 Å². The highest BCUT2D eigenvalue weighted by molar-refractivity contribution is 7.16. The third-order valence-electron chi connectivity index (χ3n) is 3.19. The van der Waals surface area contributed by atoms with Crippen molar-refractivity contribution in [2.75, 3.05) is 13.1 Å². The molecule has 1 aliphatic heterocycles. The molecular weight excluding hydrogens is 282 g/mol. The highest BCUT2D eigenvalue weighted by Crippen LogP contribution is 2.25. The van der Waals surface area contributed by atoms with Gasteiger partial charge in [-0.15, -0.1) is 11.3 Å². The van der Waals surface area contributed by atoms with Gasteiger partial charge < -0.3 is 4.74 Å². The van der Waals surface area contributed by atoms with Crippen molar-refractivity contribution in [2.24, 2.45) is 0 Å². The number of rotatable bonds is 2. The van der Waals surface area contributed by atoms with Crippen molar-refractivity contribution in [3.05, 3.63) is 22.4 Å². The van der Waals surface area contributed by atoms with Crippen LogP contribution >= 0.6 is 22.9 Å². The minimum atomic E-state index is 0.254. The number of nitrogens with zero attached hydrogens (tertiary/aromatic N) is 3. The van der Waals surface area contributed by atoms with Crippen LogP contribution in [0, 0.1) is 0 Å². The predicted octanol–water partition coefficient (Wildman–Crippen LogP) is 2.95. The van der Waals surface area contributed by atoms with Crippen molar-refractivity contribution in [1.82, 2.24) is 14.9 Å². The Hall–Kier alpha value is -0.750. The van der Waals surface area contributed by atoms with Gasteiger partial charge in [-0.2, -0.15) is 0 Å². The van der Waals surface area contributed by atoms with Crippen LogP contribution in [-0.4, -0.2) is 40.2 Å². The Morgan fingerprint density at radius 1 is 1.37 bits per heavy atom. The Morgan fingerprint density at radius 3 is 2.84 bits per heavy atom. The summed E-state index contributed by atoms with van der Waals surface area (Å²) >= 11 is 7.79. The molecule has 2 aromatic heterocycles. The summed E-state index contributed by atoms with van der Waals surface area (Å²) in [6.07, 6.45) is 0.509. The van der Waals surface area contributed by atoms with E-state index in [0.29, 0.717) is 5.15 Å². The van der Waals surface area contributed by atoms with Crippen molar-refractivity contribution in [1.29, 1.82) is 0 Å². The molecule has 1 aliphatic rings. The summed E-state index contributed by atoms with van der Waals surface area (Å²) in [6.45, 7) is 6.74. The normalized spacial score (nSPS) is 25.0. The van der Waals surface area contributed by atoms with Gasteiger partial charge in [0.15, 0.2) is 0 Å². The first kappa shape index (κ1) is 13.2. The lowest BCUT2D eigenvalue weighted by atomic mass is 10.2. The summed E-state index contributed by atoms with van der Waals surface area (Å²) in [5.74, 6) is 0.793. The Bertz CT molecular complexity index is 578. The number of hydrogen-bond donors (Lipinski definition) is 0. The lowest BCUT2D eigenvalue weighted by Crippen LogP contribution is -2.45. The van der Waals surface area contributed by atoms with Crippen LogP contribution in [-0.2, 0) is 11.3 Å². The van der Waals surface area contributed by atoms with Gasteiger partial charge >= 0.3 is 0 Å². The molecule has 0 saturated carbocycles. The molecule has 0 radical (unpaired) electrons. The van der Waals surface area contributed by atoms with Crippen molar-refractivity contribution in [3.8, 4) is 0 Å². The van der Waals surface area contributed by atoms with Gasteiger partial charge in [-0.25, -0.2) is 9.97 Å². The van der Waals surface area contributed by atoms with E-state index >= 15 is 0 Å². The molecule has 0 spiro atoms. The summed E-state index contributed by atoms with van der Waals surface area (Å²) in [6, 6.07) is 1.96. The molecule has 0 amide bonds. The number of fused-ring (bicyclic) bond motifs is 1. The monoisotopic (exact) mass is 297 g/mol. The first-order chi connectivity index (χ1) is 9.11. The maximum atomic E-state index is 6.19. The zero-order valence-electron chi connectivity index (χ0n) is 11.0. The van der Waals surface area contributed by atoms with Crippen LogP contribution in [0.1, 0.15) is 19.7 Å². The number of aromatic nitrogens is 2. The molecule has 2 atom stereocenters. The van der Waals surface area contributed by atoms with Gasteiger partial charge in [0.05, 0.1) is 18.8 Å². The van der Waals surface area contributed by atoms with Gasteiger partial charge in [-0.05, 0) is 25.3 Å². The lowest BCUT2D eigenvalue weighted by molar-refractivity contribution is -0.0710. The summed E-state index contributed by atoms with van der Waals surface area (Å²) in [4.78, 5) is 12.3. The molecule has 0 aliphatic carbocycles. The van der Waals surface area contributed by atoms with Crippen LogP contribution < -0.4 is 0 Å². The average molecular weight is 298 g/mol. The molecule has 0 N–H and O–H groups in total. The van der Waals surface area contributed by atoms with E-state index in [9.17, 15) is 0 Å². The van der Waals surface area contributed by atoms with Gasteiger partial charge in [0.1, 0.15) is 15.8 Å². The maximum Gasteiger partial charge on any atom is 0.145 e. The fraction of sp³-hybridized carbons (Fsp3) is 0.538. The SMILES string of the molecule is C[C@@H]1CN(Cc2nc(Cl)c3ccsc3n2)C[C@H](C)O1. The second-order valence-corrected chi connectivity index (χ2v) is 6.27. The second kappa shape index (κ2) is 5.32.